The lowest BCUT2D eigenvalue weighted by Gasteiger charge is -2.24. The predicted octanol–water partition coefficient (Wildman–Crippen LogP) is 3.12. The summed E-state index contributed by atoms with van der Waals surface area (Å²) in [5.74, 6) is 0.157. The lowest BCUT2D eigenvalue weighted by atomic mass is 10.1. The number of hydrogen-bond donors (Lipinski definition) is 0. The number of amides is 1. The molecule has 1 amide bonds. The molecule has 29 heavy (non-hydrogen) atoms. The normalized spacial score (nSPS) is 12.0. The highest BCUT2D eigenvalue weighted by molar-refractivity contribution is 5.97. The average Bonchev–Trinajstić information content (AvgIpc) is 2.77. The minimum Gasteiger partial charge on any atom is -0.486 e. The van der Waals surface area contributed by atoms with Crippen molar-refractivity contribution in [2.75, 3.05) is 31.3 Å². The Balaban J connectivity index is 1.68. The molecule has 0 spiro atoms. The number of hydrogen-bond acceptors (Lipinski definition) is 6. The Morgan fingerprint density at radius 2 is 1.83 bits per heavy atom. The molecule has 7 nitrogen and oxygen atoms in total. The van der Waals surface area contributed by atoms with Crippen molar-refractivity contribution in [3.8, 4) is 17.6 Å². The summed E-state index contributed by atoms with van der Waals surface area (Å²) in [4.78, 5) is 26.4. The summed E-state index contributed by atoms with van der Waals surface area (Å²) >= 11 is 0. The molecule has 0 radical (unpaired) electrons. The number of aryl methyl sites for hydroxylation is 1. The largest absolute Gasteiger partial charge is 0.486 e. The van der Waals surface area contributed by atoms with Crippen LogP contribution in [0, 0.1) is 11.3 Å². The van der Waals surface area contributed by atoms with Crippen molar-refractivity contribution in [1.82, 2.24) is 0 Å². The maximum Gasteiger partial charge on any atom is 0.338 e. The first-order chi connectivity index (χ1) is 14.1. The molecule has 0 aromatic heterocycles. The number of nitriles is 1. The molecule has 2 aromatic carbocycles. The highest BCUT2D eigenvalue weighted by Gasteiger charge is 2.21. The molecule has 0 atom stereocenters. The molecule has 0 bridgehead atoms. The number of esters is 1. The van der Waals surface area contributed by atoms with E-state index >= 15 is 0 Å². The van der Waals surface area contributed by atoms with Gasteiger partial charge in [0.1, 0.15) is 13.2 Å². The fourth-order valence-corrected chi connectivity index (χ4v) is 2.92. The quantitative estimate of drug-likeness (QED) is 0.671. The zero-order chi connectivity index (χ0) is 20.6. The maximum absolute atomic E-state index is 12.7. The van der Waals surface area contributed by atoms with E-state index in [0.717, 1.165) is 12.0 Å². The molecular formula is C22H22N2O5. The predicted molar refractivity (Wildman–Crippen MR) is 106 cm³/mol. The zero-order valence-electron chi connectivity index (χ0n) is 16.2. The third-order valence-corrected chi connectivity index (χ3v) is 4.51. The summed E-state index contributed by atoms with van der Waals surface area (Å²) < 4.78 is 16.2. The fourth-order valence-electron chi connectivity index (χ4n) is 2.92. The van der Waals surface area contributed by atoms with E-state index < -0.39 is 18.5 Å². The highest BCUT2D eigenvalue weighted by atomic mass is 16.6. The van der Waals surface area contributed by atoms with E-state index in [9.17, 15) is 9.59 Å². The second-order valence-electron chi connectivity index (χ2n) is 6.41. The Hall–Kier alpha value is -3.53. The molecule has 0 N–H and O–H groups in total. The number of nitrogens with zero attached hydrogens (tertiary/aromatic N) is 2. The molecule has 7 heteroatoms. The van der Waals surface area contributed by atoms with Gasteiger partial charge in [0.05, 0.1) is 18.1 Å². The summed E-state index contributed by atoms with van der Waals surface area (Å²) in [5.41, 5.74) is 2.05. The molecule has 0 unspecified atom stereocenters. The molecule has 0 aliphatic carbocycles. The number of carbonyl (C=O) groups is 2. The Labute approximate surface area is 169 Å². The van der Waals surface area contributed by atoms with Gasteiger partial charge in [-0.1, -0.05) is 19.1 Å². The minimum absolute atomic E-state index is 0.145. The van der Waals surface area contributed by atoms with Crippen LogP contribution in [0.15, 0.2) is 42.5 Å². The molecule has 3 rings (SSSR count). The van der Waals surface area contributed by atoms with Crippen LogP contribution in [0.4, 0.5) is 5.69 Å². The molecule has 0 fully saturated rings. The second-order valence-corrected chi connectivity index (χ2v) is 6.41. The van der Waals surface area contributed by atoms with Crippen LogP contribution in [0.1, 0.15) is 29.3 Å². The fraction of sp³-hybridized carbons (Fsp3) is 0.318. The van der Waals surface area contributed by atoms with Crippen LogP contribution in [-0.2, 0) is 16.0 Å². The number of carbonyl (C=O) groups excluding carboxylic acids is 2. The monoisotopic (exact) mass is 394 g/mol. The second kappa shape index (κ2) is 9.60. The number of anilines is 1. The van der Waals surface area contributed by atoms with Gasteiger partial charge in [-0.05, 0) is 36.2 Å². The zero-order valence-corrected chi connectivity index (χ0v) is 16.2. The molecular weight excluding hydrogens is 372 g/mol. The van der Waals surface area contributed by atoms with E-state index in [2.05, 4.69) is 0 Å². The van der Waals surface area contributed by atoms with Gasteiger partial charge in [-0.2, -0.15) is 5.26 Å². The van der Waals surface area contributed by atoms with Crippen LogP contribution in [-0.4, -0.2) is 38.2 Å². The number of fused-ring (bicyclic) bond motifs is 1. The van der Waals surface area contributed by atoms with Crippen molar-refractivity contribution in [3.05, 3.63) is 53.6 Å². The van der Waals surface area contributed by atoms with Gasteiger partial charge >= 0.3 is 5.97 Å². The summed E-state index contributed by atoms with van der Waals surface area (Å²) in [5, 5.41) is 8.93. The van der Waals surface area contributed by atoms with Gasteiger partial charge in [0, 0.05) is 18.3 Å². The van der Waals surface area contributed by atoms with Crippen LogP contribution in [0.2, 0.25) is 0 Å². The number of benzene rings is 2. The van der Waals surface area contributed by atoms with Crippen molar-refractivity contribution in [2.45, 2.75) is 19.8 Å². The van der Waals surface area contributed by atoms with E-state index in [1.807, 2.05) is 25.1 Å². The Kier molecular flexibility index (Phi) is 6.69. The van der Waals surface area contributed by atoms with Crippen LogP contribution < -0.4 is 14.4 Å². The van der Waals surface area contributed by atoms with Crippen LogP contribution in [0.25, 0.3) is 0 Å². The van der Waals surface area contributed by atoms with Crippen LogP contribution >= 0.6 is 0 Å². The van der Waals surface area contributed by atoms with Crippen molar-refractivity contribution in [1.29, 1.82) is 5.26 Å². The summed E-state index contributed by atoms with van der Waals surface area (Å²) in [6.45, 7) is 2.68. The first-order valence-electron chi connectivity index (χ1n) is 9.45. The third kappa shape index (κ3) is 5.05. The molecule has 1 aliphatic rings. The van der Waals surface area contributed by atoms with Crippen molar-refractivity contribution < 1.29 is 23.8 Å². The van der Waals surface area contributed by atoms with Gasteiger partial charge in [0.2, 0.25) is 0 Å². The maximum atomic E-state index is 12.7. The first kappa shape index (κ1) is 20.2. The Bertz CT molecular complexity index is 918. The lowest BCUT2D eigenvalue weighted by Crippen LogP contribution is -2.35. The number of ether oxygens (including phenoxy) is 3. The van der Waals surface area contributed by atoms with E-state index in [1.54, 1.807) is 30.3 Å². The van der Waals surface area contributed by atoms with Crippen molar-refractivity contribution in [3.63, 3.8) is 0 Å². The average molecular weight is 394 g/mol. The van der Waals surface area contributed by atoms with Gasteiger partial charge < -0.3 is 19.1 Å². The summed E-state index contributed by atoms with van der Waals surface area (Å²) in [6, 6.07) is 14.2. The highest BCUT2D eigenvalue weighted by Crippen LogP contribution is 2.34. The molecule has 0 saturated heterocycles. The van der Waals surface area contributed by atoms with E-state index in [-0.39, 0.29) is 13.0 Å². The summed E-state index contributed by atoms with van der Waals surface area (Å²) in [6.07, 6.45) is 1.02. The van der Waals surface area contributed by atoms with Gasteiger partial charge in [0.15, 0.2) is 18.1 Å². The third-order valence-electron chi connectivity index (χ3n) is 4.51. The smallest absolute Gasteiger partial charge is 0.338 e. The van der Waals surface area contributed by atoms with Crippen LogP contribution in [0.5, 0.6) is 11.5 Å². The molecule has 1 heterocycles. The molecule has 0 saturated carbocycles. The van der Waals surface area contributed by atoms with E-state index in [0.29, 0.717) is 36.0 Å². The Morgan fingerprint density at radius 1 is 1.10 bits per heavy atom. The summed E-state index contributed by atoms with van der Waals surface area (Å²) in [7, 11) is 0. The van der Waals surface area contributed by atoms with Crippen molar-refractivity contribution >= 4 is 17.6 Å². The van der Waals surface area contributed by atoms with E-state index in [1.165, 1.54) is 4.90 Å². The topological polar surface area (TPSA) is 88.9 Å². The lowest BCUT2D eigenvalue weighted by molar-refractivity contribution is -0.121. The Morgan fingerprint density at radius 3 is 2.52 bits per heavy atom. The van der Waals surface area contributed by atoms with Gasteiger partial charge in [-0.3, -0.25) is 4.79 Å². The van der Waals surface area contributed by atoms with Gasteiger partial charge in [-0.15, -0.1) is 0 Å². The van der Waals surface area contributed by atoms with Crippen molar-refractivity contribution in [2.24, 2.45) is 0 Å². The standard InChI is InChI=1S/C22H22N2O5/c1-2-16-4-6-17(7-5-16)22(26)29-15-21(25)24(11-3-10-23)18-8-9-19-20(14-18)28-13-12-27-19/h4-9,14H,2-3,11-13,15H2,1H3. The van der Waals surface area contributed by atoms with E-state index in [4.69, 9.17) is 19.5 Å². The first-order valence-corrected chi connectivity index (χ1v) is 9.45. The van der Waals surface area contributed by atoms with Gasteiger partial charge in [-0.25, -0.2) is 4.79 Å². The molecule has 1 aliphatic heterocycles. The number of rotatable bonds is 7. The van der Waals surface area contributed by atoms with Crippen LogP contribution in [0.3, 0.4) is 0 Å². The van der Waals surface area contributed by atoms with Gasteiger partial charge in [0.25, 0.3) is 5.91 Å². The molecule has 150 valence electrons. The SMILES string of the molecule is CCc1ccc(C(=O)OCC(=O)N(CCC#N)c2ccc3c(c2)OCCO3)cc1. The molecule has 2 aromatic rings. The minimum atomic E-state index is -0.566.